The first kappa shape index (κ1) is 10.8. The summed E-state index contributed by atoms with van der Waals surface area (Å²) in [5.41, 5.74) is 0.275. The first-order valence-corrected chi connectivity index (χ1v) is 3.77. The fourth-order valence-electron chi connectivity index (χ4n) is 0.677. The number of ether oxygens (including phenoxy) is 1. The van der Waals surface area contributed by atoms with Crippen LogP contribution in [0.4, 0.5) is 0 Å². The second kappa shape index (κ2) is 5.41. The van der Waals surface area contributed by atoms with Crippen LogP contribution in [0.15, 0.2) is 23.5 Å². The van der Waals surface area contributed by atoms with Gasteiger partial charge in [0.2, 0.25) is 0 Å². The Bertz CT molecular complexity index is 214. The summed E-state index contributed by atoms with van der Waals surface area (Å²) >= 11 is 0. The van der Waals surface area contributed by atoms with Gasteiger partial charge in [0.05, 0.1) is 7.11 Å². The summed E-state index contributed by atoms with van der Waals surface area (Å²) in [5, 5.41) is 8.54. The number of carboxylic acids is 1. The molecule has 0 radical (unpaired) electrons. The lowest BCUT2D eigenvalue weighted by Gasteiger charge is -2.00. The average molecular weight is 170 g/mol. The molecule has 0 heterocycles. The van der Waals surface area contributed by atoms with Crippen LogP contribution in [0.25, 0.3) is 0 Å². The minimum Gasteiger partial charge on any atom is -0.497 e. The number of allylic oxidation sites excluding steroid dienone is 2. The van der Waals surface area contributed by atoms with E-state index in [0.29, 0.717) is 5.76 Å². The first-order valence-electron chi connectivity index (χ1n) is 3.77. The Morgan fingerprint density at radius 1 is 1.58 bits per heavy atom. The highest BCUT2D eigenvalue weighted by atomic mass is 16.5. The average Bonchev–Trinajstić information content (AvgIpc) is 2.03. The standard InChI is InChI=1S/C9H14O3/c1-4-5-8(12-3)6-7(2)9(10)11/h5-6H,4H2,1-3H3,(H,10,11). The van der Waals surface area contributed by atoms with Crippen LogP contribution >= 0.6 is 0 Å². The van der Waals surface area contributed by atoms with Crippen molar-refractivity contribution in [2.24, 2.45) is 0 Å². The van der Waals surface area contributed by atoms with E-state index in [2.05, 4.69) is 0 Å². The normalized spacial score (nSPS) is 12.9. The van der Waals surface area contributed by atoms with E-state index in [9.17, 15) is 4.79 Å². The molecular formula is C9H14O3. The molecule has 0 fully saturated rings. The minimum atomic E-state index is -0.922. The SMILES string of the molecule is CCC=C(C=C(C)C(=O)O)OC. The van der Waals surface area contributed by atoms with Gasteiger partial charge in [-0.3, -0.25) is 0 Å². The maximum Gasteiger partial charge on any atom is 0.331 e. The van der Waals surface area contributed by atoms with E-state index < -0.39 is 5.97 Å². The highest BCUT2D eigenvalue weighted by Crippen LogP contribution is 2.04. The summed E-state index contributed by atoms with van der Waals surface area (Å²) in [4.78, 5) is 10.4. The summed E-state index contributed by atoms with van der Waals surface area (Å²) in [5.74, 6) is -0.327. The molecule has 3 heteroatoms. The van der Waals surface area contributed by atoms with Crippen LogP contribution in [0.1, 0.15) is 20.3 Å². The van der Waals surface area contributed by atoms with Crippen molar-refractivity contribution in [3.05, 3.63) is 23.5 Å². The van der Waals surface area contributed by atoms with E-state index >= 15 is 0 Å². The lowest BCUT2D eigenvalue weighted by atomic mass is 10.2. The van der Waals surface area contributed by atoms with Gasteiger partial charge in [0.25, 0.3) is 0 Å². The van der Waals surface area contributed by atoms with Crippen molar-refractivity contribution >= 4 is 5.97 Å². The molecule has 12 heavy (non-hydrogen) atoms. The zero-order chi connectivity index (χ0) is 9.56. The van der Waals surface area contributed by atoms with Gasteiger partial charge in [-0.05, 0) is 25.5 Å². The van der Waals surface area contributed by atoms with Crippen molar-refractivity contribution in [1.82, 2.24) is 0 Å². The van der Waals surface area contributed by atoms with Crippen molar-refractivity contribution < 1.29 is 14.6 Å². The molecule has 0 aromatic heterocycles. The van der Waals surface area contributed by atoms with E-state index in [1.165, 1.54) is 20.1 Å². The van der Waals surface area contributed by atoms with E-state index in [1.807, 2.05) is 13.0 Å². The second-order valence-electron chi connectivity index (χ2n) is 2.35. The molecule has 3 nitrogen and oxygen atoms in total. The Kier molecular flexibility index (Phi) is 4.84. The van der Waals surface area contributed by atoms with Crippen molar-refractivity contribution in [2.45, 2.75) is 20.3 Å². The second-order valence-corrected chi connectivity index (χ2v) is 2.35. The molecule has 0 aliphatic carbocycles. The number of aliphatic carboxylic acids is 1. The zero-order valence-corrected chi connectivity index (χ0v) is 7.63. The zero-order valence-electron chi connectivity index (χ0n) is 7.63. The maximum atomic E-state index is 10.4. The van der Waals surface area contributed by atoms with Gasteiger partial charge < -0.3 is 9.84 Å². The van der Waals surface area contributed by atoms with Gasteiger partial charge in [0.1, 0.15) is 5.76 Å². The van der Waals surface area contributed by atoms with Gasteiger partial charge in [0, 0.05) is 5.57 Å². The van der Waals surface area contributed by atoms with Crippen LogP contribution < -0.4 is 0 Å². The Morgan fingerprint density at radius 2 is 2.17 bits per heavy atom. The molecule has 0 bridgehead atoms. The summed E-state index contributed by atoms with van der Waals surface area (Å²) in [6.07, 6.45) is 4.16. The quantitative estimate of drug-likeness (QED) is 0.398. The summed E-state index contributed by atoms with van der Waals surface area (Å²) in [7, 11) is 1.52. The van der Waals surface area contributed by atoms with E-state index in [4.69, 9.17) is 9.84 Å². The predicted molar refractivity (Wildman–Crippen MR) is 46.8 cm³/mol. The molecular weight excluding hydrogens is 156 g/mol. The third-order valence-corrected chi connectivity index (χ3v) is 1.34. The number of carbonyl (C=O) groups is 1. The third kappa shape index (κ3) is 3.81. The third-order valence-electron chi connectivity index (χ3n) is 1.34. The first-order chi connectivity index (χ1) is 5.61. The van der Waals surface area contributed by atoms with Crippen molar-refractivity contribution in [2.75, 3.05) is 7.11 Å². The van der Waals surface area contributed by atoms with Crippen LogP contribution in [-0.2, 0) is 9.53 Å². The van der Waals surface area contributed by atoms with Gasteiger partial charge >= 0.3 is 5.97 Å². The monoisotopic (exact) mass is 170 g/mol. The molecule has 0 unspecified atom stereocenters. The molecule has 0 aromatic rings. The van der Waals surface area contributed by atoms with Crippen molar-refractivity contribution in [3.8, 4) is 0 Å². The topological polar surface area (TPSA) is 46.5 Å². The van der Waals surface area contributed by atoms with E-state index in [1.54, 1.807) is 0 Å². The van der Waals surface area contributed by atoms with E-state index in [-0.39, 0.29) is 5.57 Å². The van der Waals surface area contributed by atoms with E-state index in [0.717, 1.165) is 6.42 Å². The number of carboxylic acid groups (broad SMARTS) is 1. The fourth-order valence-corrected chi connectivity index (χ4v) is 0.677. The predicted octanol–water partition coefficient (Wildman–Crippen LogP) is 1.96. The number of hydrogen-bond acceptors (Lipinski definition) is 2. The van der Waals surface area contributed by atoms with Gasteiger partial charge in [-0.15, -0.1) is 0 Å². The summed E-state index contributed by atoms with van der Waals surface area (Å²) in [6.45, 7) is 3.49. The molecule has 0 spiro atoms. The molecule has 1 N–H and O–H groups in total. The Morgan fingerprint density at radius 3 is 2.50 bits per heavy atom. The number of rotatable bonds is 4. The molecule has 0 saturated carbocycles. The number of hydrogen-bond donors (Lipinski definition) is 1. The molecule has 0 aromatic carbocycles. The lowest BCUT2D eigenvalue weighted by Crippen LogP contribution is -1.97. The van der Waals surface area contributed by atoms with Crippen LogP contribution in [0, 0.1) is 0 Å². The smallest absolute Gasteiger partial charge is 0.331 e. The van der Waals surface area contributed by atoms with Crippen LogP contribution in [-0.4, -0.2) is 18.2 Å². The Labute approximate surface area is 72.3 Å². The summed E-state index contributed by atoms with van der Waals surface area (Å²) < 4.78 is 4.93. The van der Waals surface area contributed by atoms with Crippen molar-refractivity contribution in [1.29, 1.82) is 0 Å². The molecule has 0 rings (SSSR count). The van der Waals surface area contributed by atoms with Crippen LogP contribution in [0.2, 0.25) is 0 Å². The number of methoxy groups -OCH3 is 1. The molecule has 0 saturated heterocycles. The van der Waals surface area contributed by atoms with Gasteiger partial charge in [-0.1, -0.05) is 6.92 Å². The van der Waals surface area contributed by atoms with Crippen LogP contribution in [0.3, 0.4) is 0 Å². The minimum absolute atomic E-state index is 0.275. The van der Waals surface area contributed by atoms with Crippen molar-refractivity contribution in [3.63, 3.8) is 0 Å². The lowest BCUT2D eigenvalue weighted by molar-refractivity contribution is -0.132. The molecule has 0 amide bonds. The Hall–Kier alpha value is -1.25. The molecule has 0 aliphatic rings. The largest absolute Gasteiger partial charge is 0.497 e. The maximum absolute atomic E-state index is 10.4. The highest BCUT2D eigenvalue weighted by Gasteiger charge is 2.00. The highest BCUT2D eigenvalue weighted by molar-refractivity contribution is 5.86. The summed E-state index contributed by atoms with van der Waals surface area (Å²) in [6, 6.07) is 0. The Balaban J connectivity index is 4.47. The van der Waals surface area contributed by atoms with Gasteiger partial charge in [-0.2, -0.15) is 0 Å². The fraction of sp³-hybridized carbons (Fsp3) is 0.444. The van der Waals surface area contributed by atoms with Crippen LogP contribution in [0.5, 0.6) is 0 Å². The molecule has 0 atom stereocenters. The molecule has 68 valence electrons. The van der Waals surface area contributed by atoms with Gasteiger partial charge in [0.15, 0.2) is 0 Å². The molecule has 0 aliphatic heterocycles. The van der Waals surface area contributed by atoms with Gasteiger partial charge in [-0.25, -0.2) is 4.79 Å².